The van der Waals surface area contributed by atoms with Gasteiger partial charge in [-0.15, -0.1) is 11.3 Å². The smallest absolute Gasteiger partial charge is 0.0433 e. The molecule has 1 heteroatoms. The van der Waals surface area contributed by atoms with Crippen molar-refractivity contribution in [3.05, 3.63) is 179 Å². The lowest BCUT2D eigenvalue weighted by Gasteiger charge is -2.27. The van der Waals surface area contributed by atoms with E-state index >= 15 is 0 Å². The molecule has 0 radical (unpaired) electrons. The summed E-state index contributed by atoms with van der Waals surface area (Å²) in [6.45, 7) is 33.1. The molecular formula is C67H66S. The number of hydrogen-bond acceptors (Lipinski definition) is 1. The van der Waals surface area contributed by atoms with E-state index in [1.807, 2.05) is 11.3 Å². The summed E-state index contributed by atoms with van der Waals surface area (Å²) >= 11 is 1.90. The van der Waals surface area contributed by atoms with Gasteiger partial charge in [-0.1, -0.05) is 200 Å². The predicted molar refractivity (Wildman–Crippen MR) is 301 cm³/mol. The lowest BCUT2D eigenvalue weighted by Crippen LogP contribution is -2.17. The van der Waals surface area contributed by atoms with E-state index in [0.717, 1.165) is 0 Å². The molecular weight excluding hydrogens is 837 g/mol. The first-order valence-electron chi connectivity index (χ1n) is 24.8. The Labute approximate surface area is 409 Å². The lowest BCUT2D eigenvalue weighted by molar-refractivity contribution is 0.568. The van der Waals surface area contributed by atoms with Crippen LogP contribution in [0.25, 0.3) is 97.0 Å². The van der Waals surface area contributed by atoms with E-state index < -0.39 is 0 Å². The Morgan fingerprint density at radius 1 is 0.324 bits per heavy atom. The maximum atomic E-state index is 2.56. The first-order valence-corrected chi connectivity index (χ1v) is 25.6. The third-order valence-electron chi connectivity index (χ3n) is 15.4. The summed E-state index contributed by atoms with van der Waals surface area (Å²) in [5.74, 6) is 0. The second-order valence-electron chi connectivity index (χ2n) is 24.7. The molecule has 0 nitrogen and oxygen atoms in total. The van der Waals surface area contributed by atoms with Gasteiger partial charge in [0.2, 0.25) is 0 Å². The summed E-state index contributed by atoms with van der Waals surface area (Å²) in [6, 6.07) is 57.2. The molecule has 0 atom stereocenters. The van der Waals surface area contributed by atoms with Crippen molar-refractivity contribution < 1.29 is 0 Å². The van der Waals surface area contributed by atoms with Crippen molar-refractivity contribution in [2.24, 2.45) is 0 Å². The number of fused-ring (bicyclic) bond motifs is 6. The Balaban J connectivity index is 1.19. The van der Waals surface area contributed by atoms with Crippen LogP contribution in [0.1, 0.15) is 130 Å². The van der Waals surface area contributed by atoms with Crippen molar-refractivity contribution in [1.29, 1.82) is 0 Å². The summed E-state index contributed by atoms with van der Waals surface area (Å²) in [5.41, 5.74) is 18.4. The Morgan fingerprint density at radius 3 is 1.31 bits per heavy atom. The van der Waals surface area contributed by atoms with Gasteiger partial charge in [0, 0.05) is 25.6 Å². The van der Waals surface area contributed by atoms with E-state index in [1.165, 1.54) is 130 Å². The maximum Gasteiger partial charge on any atom is 0.0433 e. The van der Waals surface area contributed by atoms with E-state index in [2.05, 4.69) is 243 Å². The lowest BCUT2D eigenvalue weighted by atomic mass is 9.77. The van der Waals surface area contributed by atoms with Crippen molar-refractivity contribution >= 4 is 63.8 Å². The molecule has 11 rings (SSSR count). The van der Waals surface area contributed by atoms with Gasteiger partial charge in [0.25, 0.3) is 0 Å². The van der Waals surface area contributed by atoms with Gasteiger partial charge in [-0.25, -0.2) is 0 Å². The van der Waals surface area contributed by atoms with Gasteiger partial charge in [-0.05, 0) is 174 Å². The summed E-state index contributed by atoms with van der Waals surface area (Å²) in [6.07, 6.45) is 0. The molecule has 0 N–H and O–H groups in total. The van der Waals surface area contributed by atoms with Crippen molar-refractivity contribution in [1.82, 2.24) is 0 Å². The zero-order valence-corrected chi connectivity index (χ0v) is 43.6. The predicted octanol–water partition coefficient (Wildman–Crippen LogP) is 20.0. The average molecular weight is 903 g/mol. The van der Waals surface area contributed by atoms with E-state index in [0.29, 0.717) is 0 Å². The van der Waals surface area contributed by atoms with Crippen LogP contribution < -0.4 is 0 Å². The fraction of sp³-hybridized carbons (Fsp3) is 0.284. The third kappa shape index (κ3) is 7.22. The highest BCUT2D eigenvalue weighted by Crippen LogP contribution is 2.55. The topological polar surface area (TPSA) is 0 Å². The minimum absolute atomic E-state index is 0.0114. The molecule has 1 aliphatic rings. The minimum Gasteiger partial charge on any atom is -0.135 e. The van der Waals surface area contributed by atoms with Crippen LogP contribution in [0, 0.1) is 0 Å². The van der Waals surface area contributed by atoms with Crippen LogP contribution in [-0.4, -0.2) is 0 Å². The highest BCUT2D eigenvalue weighted by Gasteiger charge is 2.37. The molecule has 340 valence electrons. The molecule has 0 amide bonds. The fourth-order valence-corrected chi connectivity index (χ4v) is 12.3. The standard InChI is InChI=1S/C67H66S/c1-63(2,3)46-28-42(29-47(37-46)64(4,5)6)44-33-55-51-26-25-40(39-19-17-20-41(27-39)50-22-18-23-53-52-21-15-16-24-59(52)68-62(50)53)32-54(51)56-34-45(36-58-61(56)60(55)57(35-44)67(58,13)14)43-30-48(65(7,8)9)38-49(31-43)66(10,11)12/h15-38H,1-14H3. The quantitative estimate of drug-likeness (QED) is 0.154. The summed E-state index contributed by atoms with van der Waals surface area (Å²) < 4.78 is 2.68. The van der Waals surface area contributed by atoms with Gasteiger partial charge in [-0.3, -0.25) is 0 Å². The summed E-state index contributed by atoms with van der Waals surface area (Å²) in [7, 11) is 0. The van der Waals surface area contributed by atoms with E-state index in [1.54, 1.807) is 0 Å². The molecule has 0 aliphatic heterocycles. The van der Waals surface area contributed by atoms with Gasteiger partial charge in [0.1, 0.15) is 0 Å². The van der Waals surface area contributed by atoms with Gasteiger partial charge in [0.05, 0.1) is 0 Å². The second kappa shape index (κ2) is 15.0. The van der Waals surface area contributed by atoms with Crippen molar-refractivity contribution in [2.45, 2.75) is 124 Å². The Kier molecular flexibility index (Phi) is 9.81. The molecule has 0 fully saturated rings. The van der Waals surface area contributed by atoms with Crippen molar-refractivity contribution in [3.8, 4) is 44.5 Å². The molecule has 1 aromatic heterocycles. The molecule has 0 spiro atoms. The van der Waals surface area contributed by atoms with Gasteiger partial charge in [-0.2, -0.15) is 0 Å². The Morgan fingerprint density at radius 2 is 0.765 bits per heavy atom. The number of benzene rings is 9. The average Bonchev–Trinajstić information content (AvgIpc) is 3.78. The summed E-state index contributed by atoms with van der Waals surface area (Å²) in [4.78, 5) is 0. The van der Waals surface area contributed by atoms with E-state index in [9.17, 15) is 0 Å². The van der Waals surface area contributed by atoms with Crippen LogP contribution in [0.15, 0.2) is 146 Å². The van der Waals surface area contributed by atoms with Gasteiger partial charge >= 0.3 is 0 Å². The Bertz CT molecular complexity index is 3660. The minimum atomic E-state index is -0.226. The van der Waals surface area contributed by atoms with Gasteiger partial charge in [0.15, 0.2) is 0 Å². The maximum absolute atomic E-state index is 2.56. The molecule has 1 aliphatic carbocycles. The van der Waals surface area contributed by atoms with Crippen LogP contribution in [-0.2, 0) is 27.1 Å². The zero-order valence-electron chi connectivity index (χ0n) is 42.8. The van der Waals surface area contributed by atoms with Crippen molar-refractivity contribution in [3.63, 3.8) is 0 Å². The number of hydrogen-bond donors (Lipinski definition) is 0. The van der Waals surface area contributed by atoms with Crippen molar-refractivity contribution in [2.75, 3.05) is 0 Å². The second-order valence-corrected chi connectivity index (χ2v) is 25.8. The SMILES string of the molecule is CC(C)(C)c1cc(-c2cc3c4c(c2)c2ccc(-c5cccc(-c6cccc7c6sc6ccccc67)c5)cc2c2cc(-c5cc(C(C)(C)C)cc(C(C)(C)C)c5)cc(c24)C3(C)C)cc(C(C)(C)C)c1. The largest absolute Gasteiger partial charge is 0.135 e. The molecule has 9 aromatic carbocycles. The van der Waals surface area contributed by atoms with E-state index in [-0.39, 0.29) is 27.1 Å². The summed E-state index contributed by atoms with van der Waals surface area (Å²) in [5, 5.41) is 10.8. The normalized spacial score (nSPS) is 14.1. The van der Waals surface area contributed by atoms with Crippen LogP contribution in [0.5, 0.6) is 0 Å². The monoisotopic (exact) mass is 902 g/mol. The third-order valence-corrected chi connectivity index (χ3v) is 16.6. The first-order chi connectivity index (χ1) is 31.9. The highest BCUT2D eigenvalue weighted by atomic mass is 32.1. The molecule has 0 saturated carbocycles. The molecule has 0 unspecified atom stereocenters. The molecule has 1 heterocycles. The zero-order chi connectivity index (χ0) is 48.0. The van der Waals surface area contributed by atoms with Crippen LogP contribution >= 0.6 is 11.3 Å². The molecule has 10 aromatic rings. The van der Waals surface area contributed by atoms with Crippen LogP contribution in [0.2, 0.25) is 0 Å². The number of thiophene rings is 1. The highest BCUT2D eigenvalue weighted by molar-refractivity contribution is 7.26. The Hall–Kier alpha value is -6.02. The van der Waals surface area contributed by atoms with Crippen LogP contribution in [0.3, 0.4) is 0 Å². The van der Waals surface area contributed by atoms with E-state index in [4.69, 9.17) is 0 Å². The molecule has 0 bridgehead atoms. The number of rotatable bonds is 4. The van der Waals surface area contributed by atoms with Gasteiger partial charge < -0.3 is 0 Å². The molecule has 0 saturated heterocycles. The van der Waals surface area contributed by atoms with Crippen LogP contribution in [0.4, 0.5) is 0 Å². The molecule has 68 heavy (non-hydrogen) atoms. The fourth-order valence-electron chi connectivity index (χ4n) is 11.1. The first kappa shape index (κ1) is 44.5.